The minimum absolute atomic E-state index is 0.0252. The van der Waals surface area contributed by atoms with E-state index in [1.165, 1.54) is 4.90 Å². The molecule has 1 saturated heterocycles. The van der Waals surface area contributed by atoms with Crippen LogP contribution in [0, 0.1) is 5.92 Å². The van der Waals surface area contributed by atoms with Crippen LogP contribution in [-0.4, -0.2) is 54.5 Å². The van der Waals surface area contributed by atoms with Gasteiger partial charge in [-0.3, -0.25) is 9.59 Å². The van der Waals surface area contributed by atoms with E-state index < -0.39 is 12.0 Å². The summed E-state index contributed by atoms with van der Waals surface area (Å²) in [7, 11) is 1.61. The zero-order chi connectivity index (χ0) is 14.3. The molecule has 19 heavy (non-hydrogen) atoms. The van der Waals surface area contributed by atoms with Gasteiger partial charge in [0.25, 0.3) is 0 Å². The molecular weight excluding hydrogens is 250 g/mol. The summed E-state index contributed by atoms with van der Waals surface area (Å²) in [6.07, 6.45) is 2.80. The van der Waals surface area contributed by atoms with Crippen LogP contribution in [-0.2, 0) is 19.1 Å². The lowest BCUT2D eigenvalue weighted by Crippen LogP contribution is -2.44. The minimum Gasteiger partial charge on any atom is -0.481 e. The van der Waals surface area contributed by atoms with Gasteiger partial charge in [0.05, 0.1) is 6.04 Å². The Bertz CT molecular complexity index is 325. The van der Waals surface area contributed by atoms with Crippen LogP contribution in [0.25, 0.3) is 0 Å². The normalized spacial score (nSPS) is 17.7. The predicted octanol–water partition coefficient (Wildman–Crippen LogP) is 0.694. The number of carbonyl (C=O) groups is 3. The summed E-state index contributed by atoms with van der Waals surface area (Å²) in [5.74, 6) is -0.948. The second-order valence-corrected chi connectivity index (χ2v) is 4.83. The van der Waals surface area contributed by atoms with Crippen molar-refractivity contribution < 1.29 is 24.2 Å². The average Bonchev–Trinajstić information content (AvgIpc) is 2.40. The number of carboxylic acids is 1. The van der Waals surface area contributed by atoms with Gasteiger partial charge in [0.1, 0.15) is 6.29 Å². The van der Waals surface area contributed by atoms with Crippen LogP contribution in [0.2, 0.25) is 0 Å². The van der Waals surface area contributed by atoms with Crippen molar-refractivity contribution in [2.24, 2.45) is 5.92 Å². The molecule has 1 aliphatic heterocycles. The van der Waals surface area contributed by atoms with Crippen LogP contribution >= 0.6 is 0 Å². The fourth-order valence-corrected chi connectivity index (χ4v) is 2.31. The van der Waals surface area contributed by atoms with Crippen molar-refractivity contribution in [3.63, 3.8) is 0 Å². The number of ether oxygens (including phenoxy) is 1. The van der Waals surface area contributed by atoms with Gasteiger partial charge in [0.2, 0.25) is 5.91 Å². The van der Waals surface area contributed by atoms with Crippen LogP contribution in [0.5, 0.6) is 0 Å². The molecule has 1 atom stereocenters. The Morgan fingerprint density at radius 1 is 1.37 bits per heavy atom. The molecule has 0 aromatic carbocycles. The maximum Gasteiger partial charge on any atom is 0.303 e. The van der Waals surface area contributed by atoms with Crippen molar-refractivity contribution in [1.82, 2.24) is 4.90 Å². The molecule has 1 fully saturated rings. The number of aliphatic carboxylic acids is 1. The lowest BCUT2D eigenvalue weighted by atomic mass is 9.91. The first-order valence-corrected chi connectivity index (χ1v) is 6.56. The highest BCUT2D eigenvalue weighted by atomic mass is 16.5. The van der Waals surface area contributed by atoms with Gasteiger partial charge in [-0.15, -0.1) is 0 Å². The zero-order valence-electron chi connectivity index (χ0n) is 11.2. The van der Waals surface area contributed by atoms with Gasteiger partial charge < -0.3 is 19.5 Å². The molecule has 0 aliphatic carbocycles. The van der Waals surface area contributed by atoms with Crippen molar-refractivity contribution in [2.45, 2.75) is 38.1 Å². The summed E-state index contributed by atoms with van der Waals surface area (Å²) in [5, 5.41) is 8.53. The van der Waals surface area contributed by atoms with Gasteiger partial charge in [-0.2, -0.15) is 0 Å². The molecule has 0 spiro atoms. The number of carbonyl (C=O) groups excluding carboxylic acids is 2. The SMILES string of the molecule is CN(C(=O)CCCC(=O)O)C(C=O)C1CCOCC1. The fraction of sp³-hybridized carbons (Fsp3) is 0.769. The Morgan fingerprint density at radius 3 is 2.53 bits per heavy atom. The molecule has 0 radical (unpaired) electrons. The van der Waals surface area contributed by atoms with Gasteiger partial charge in [-0.05, 0) is 25.2 Å². The smallest absolute Gasteiger partial charge is 0.303 e. The van der Waals surface area contributed by atoms with Gasteiger partial charge >= 0.3 is 5.97 Å². The molecule has 0 aromatic heterocycles. The maximum absolute atomic E-state index is 11.9. The Balaban J connectivity index is 2.47. The highest BCUT2D eigenvalue weighted by Crippen LogP contribution is 2.21. The summed E-state index contributed by atoms with van der Waals surface area (Å²) in [5.41, 5.74) is 0. The van der Waals surface area contributed by atoms with Crippen LogP contribution in [0.1, 0.15) is 32.1 Å². The zero-order valence-corrected chi connectivity index (χ0v) is 11.2. The molecule has 0 aromatic rings. The standard InChI is InChI=1S/C13H21NO5/c1-14(12(16)3-2-4-13(17)18)11(9-15)10-5-7-19-8-6-10/h9-11H,2-8H2,1H3,(H,17,18). The number of hydrogen-bond acceptors (Lipinski definition) is 4. The molecule has 1 N–H and O–H groups in total. The van der Waals surface area contributed by atoms with Crippen LogP contribution in [0.15, 0.2) is 0 Å². The number of carboxylic acid groups (broad SMARTS) is 1. The van der Waals surface area contributed by atoms with E-state index in [1.807, 2.05) is 0 Å². The summed E-state index contributed by atoms with van der Waals surface area (Å²) >= 11 is 0. The highest BCUT2D eigenvalue weighted by Gasteiger charge is 2.29. The second-order valence-electron chi connectivity index (χ2n) is 4.83. The van der Waals surface area contributed by atoms with E-state index >= 15 is 0 Å². The third kappa shape index (κ3) is 4.98. The summed E-state index contributed by atoms with van der Waals surface area (Å²) < 4.78 is 5.24. The Labute approximate surface area is 112 Å². The van der Waals surface area contributed by atoms with Gasteiger partial charge in [-0.25, -0.2) is 0 Å². The van der Waals surface area contributed by atoms with Gasteiger partial charge in [0.15, 0.2) is 0 Å². The van der Waals surface area contributed by atoms with Gasteiger partial charge in [0, 0.05) is 33.1 Å². The Morgan fingerprint density at radius 2 is 2.00 bits per heavy atom. The predicted molar refractivity (Wildman–Crippen MR) is 67.7 cm³/mol. The number of hydrogen-bond donors (Lipinski definition) is 1. The number of amides is 1. The number of aldehydes is 1. The van der Waals surface area contributed by atoms with E-state index in [0.717, 1.165) is 19.1 Å². The van der Waals surface area contributed by atoms with Gasteiger partial charge in [-0.1, -0.05) is 0 Å². The van der Waals surface area contributed by atoms with E-state index in [2.05, 4.69) is 0 Å². The molecule has 1 unspecified atom stereocenters. The summed E-state index contributed by atoms with van der Waals surface area (Å²) in [4.78, 5) is 35.0. The average molecular weight is 271 g/mol. The van der Waals surface area contributed by atoms with E-state index in [-0.39, 0.29) is 24.7 Å². The third-order valence-corrected chi connectivity index (χ3v) is 3.51. The van der Waals surface area contributed by atoms with Crippen molar-refractivity contribution in [3.05, 3.63) is 0 Å². The molecule has 108 valence electrons. The molecule has 1 aliphatic rings. The van der Waals surface area contributed by atoms with Crippen molar-refractivity contribution >= 4 is 18.2 Å². The molecule has 1 rings (SSSR count). The second kappa shape index (κ2) is 7.89. The number of nitrogens with zero attached hydrogens (tertiary/aromatic N) is 1. The lowest BCUT2D eigenvalue weighted by molar-refractivity contribution is -0.139. The van der Waals surface area contributed by atoms with E-state index in [4.69, 9.17) is 9.84 Å². The van der Waals surface area contributed by atoms with Crippen molar-refractivity contribution in [3.8, 4) is 0 Å². The van der Waals surface area contributed by atoms with E-state index in [0.29, 0.717) is 19.6 Å². The molecule has 6 nitrogen and oxygen atoms in total. The van der Waals surface area contributed by atoms with E-state index in [1.54, 1.807) is 7.05 Å². The minimum atomic E-state index is -0.910. The lowest BCUT2D eigenvalue weighted by Gasteiger charge is -2.33. The summed E-state index contributed by atoms with van der Waals surface area (Å²) in [6.45, 7) is 1.24. The van der Waals surface area contributed by atoms with Crippen molar-refractivity contribution in [1.29, 1.82) is 0 Å². The molecule has 0 bridgehead atoms. The number of likely N-dealkylation sites (N-methyl/N-ethyl adjacent to an activating group) is 1. The van der Waals surface area contributed by atoms with Crippen molar-refractivity contribution in [2.75, 3.05) is 20.3 Å². The largest absolute Gasteiger partial charge is 0.481 e. The van der Waals surface area contributed by atoms with Crippen LogP contribution in [0.4, 0.5) is 0 Å². The maximum atomic E-state index is 11.9. The number of rotatable bonds is 7. The quantitative estimate of drug-likeness (QED) is 0.689. The highest BCUT2D eigenvalue weighted by molar-refractivity contribution is 5.80. The van der Waals surface area contributed by atoms with E-state index in [9.17, 15) is 14.4 Å². The first-order chi connectivity index (χ1) is 9.06. The Hall–Kier alpha value is -1.43. The topological polar surface area (TPSA) is 83.9 Å². The molecule has 0 saturated carbocycles. The molecular formula is C13H21NO5. The molecule has 6 heteroatoms. The first kappa shape index (κ1) is 15.6. The third-order valence-electron chi connectivity index (χ3n) is 3.51. The van der Waals surface area contributed by atoms with Crippen LogP contribution in [0.3, 0.4) is 0 Å². The first-order valence-electron chi connectivity index (χ1n) is 6.56. The van der Waals surface area contributed by atoms with Crippen LogP contribution < -0.4 is 0 Å². The Kier molecular flexibility index (Phi) is 6.49. The molecule has 1 amide bonds. The molecule has 1 heterocycles. The fourth-order valence-electron chi connectivity index (χ4n) is 2.31. The monoisotopic (exact) mass is 271 g/mol. The summed E-state index contributed by atoms with van der Waals surface area (Å²) in [6, 6.07) is -0.429.